The zero-order valence-electron chi connectivity index (χ0n) is 12.9. The summed E-state index contributed by atoms with van der Waals surface area (Å²) in [7, 11) is 0. The number of halogens is 1. The van der Waals surface area contributed by atoms with Crippen LogP contribution in [0.4, 0.5) is 0 Å². The van der Waals surface area contributed by atoms with Gasteiger partial charge in [-0.1, -0.05) is 15.9 Å². The second kappa shape index (κ2) is 9.17. The van der Waals surface area contributed by atoms with Crippen molar-refractivity contribution in [2.24, 2.45) is 11.7 Å². The Morgan fingerprint density at radius 3 is 2.52 bits per heavy atom. The number of thioether (sulfide) groups is 1. The van der Waals surface area contributed by atoms with E-state index in [0.29, 0.717) is 38.3 Å². The number of primary amides is 1. The summed E-state index contributed by atoms with van der Waals surface area (Å²) in [5.41, 5.74) is 5.30. The minimum atomic E-state index is -0.253. The van der Waals surface area contributed by atoms with Crippen molar-refractivity contribution in [3.8, 4) is 5.75 Å². The van der Waals surface area contributed by atoms with Gasteiger partial charge in [-0.15, -0.1) is 11.8 Å². The van der Waals surface area contributed by atoms with Gasteiger partial charge in [-0.05, 0) is 37.1 Å². The summed E-state index contributed by atoms with van der Waals surface area (Å²) in [6, 6.07) is 7.68. The van der Waals surface area contributed by atoms with E-state index in [2.05, 4.69) is 15.9 Å². The number of piperidine rings is 1. The molecular weight excluding hydrogens is 380 g/mol. The first-order valence-corrected chi connectivity index (χ1v) is 9.54. The van der Waals surface area contributed by atoms with Crippen molar-refractivity contribution >= 4 is 39.5 Å². The van der Waals surface area contributed by atoms with Gasteiger partial charge in [0.1, 0.15) is 5.75 Å². The third-order valence-corrected chi connectivity index (χ3v) is 5.22. The first kappa shape index (κ1) is 18.1. The highest BCUT2D eigenvalue weighted by Gasteiger charge is 2.25. The monoisotopic (exact) mass is 400 g/mol. The number of hydrogen-bond acceptors (Lipinski definition) is 4. The topological polar surface area (TPSA) is 72.6 Å². The third-order valence-electron chi connectivity index (χ3n) is 3.79. The normalized spacial score (nSPS) is 15.4. The van der Waals surface area contributed by atoms with Crippen molar-refractivity contribution in [1.29, 1.82) is 0 Å². The van der Waals surface area contributed by atoms with E-state index in [4.69, 9.17) is 10.5 Å². The van der Waals surface area contributed by atoms with E-state index in [0.717, 1.165) is 16.0 Å². The van der Waals surface area contributed by atoms with Gasteiger partial charge in [-0.25, -0.2) is 0 Å². The zero-order valence-corrected chi connectivity index (χ0v) is 15.3. The molecule has 2 N–H and O–H groups in total. The van der Waals surface area contributed by atoms with Crippen molar-refractivity contribution in [3.63, 3.8) is 0 Å². The molecule has 0 unspecified atom stereocenters. The molecular formula is C16H21BrN2O3S. The number of amides is 2. The van der Waals surface area contributed by atoms with E-state index in [9.17, 15) is 9.59 Å². The smallest absolute Gasteiger partial charge is 0.232 e. The van der Waals surface area contributed by atoms with Crippen LogP contribution in [0.25, 0.3) is 0 Å². The van der Waals surface area contributed by atoms with Crippen molar-refractivity contribution in [3.05, 3.63) is 28.7 Å². The van der Waals surface area contributed by atoms with Crippen molar-refractivity contribution < 1.29 is 14.3 Å². The number of carbonyl (C=O) groups excluding carboxylic acids is 2. The van der Waals surface area contributed by atoms with Crippen LogP contribution in [0.3, 0.4) is 0 Å². The van der Waals surface area contributed by atoms with Crippen LogP contribution >= 0.6 is 27.7 Å². The number of ether oxygens (including phenoxy) is 1. The molecule has 0 radical (unpaired) electrons. The maximum atomic E-state index is 12.1. The van der Waals surface area contributed by atoms with Gasteiger partial charge in [-0.2, -0.15) is 0 Å². The minimum Gasteiger partial charge on any atom is -0.493 e. The fourth-order valence-electron chi connectivity index (χ4n) is 2.41. The van der Waals surface area contributed by atoms with Crippen LogP contribution in [0.5, 0.6) is 5.75 Å². The summed E-state index contributed by atoms with van der Waals surface area (Å²) in [6.45, 7) is 1.83. The minimum absolute atomic E-state index is 0.0778. The fraction of sp³-hybridized carbons (Fsp3) is 0.500. The SMILES string of the molecule is NC(=O)C1CCN(C(=O)CSCCOc2ccc(Br)cc2)CC1. The highest BCUT2D eigenvalue weighted by molar-refractivity contribution is 9.10. The predicted molar refractivity (Wildman–Crippen MR) is 95.5 cm³/mol. The highest BCUT2D eigenvalue weighted by Crippen LogP contribution is 2.18. The molecule has 23 heavy (non-hydrogen) atoms. The average Bonchev–Trinajstić information content (AvgIpc) is 2.56. The van der Waals surface area contributed by atoms with Crippen molar-refractivity contribution in [2.75, 3.05) is 31.2 Å². The molecule has 5 nitrogen and oxygen atoms in total. The standard InChI is InChI=1S/C16H21BrN2O3S/c17-13-1-3-14(4-2-13)22-9-10-23-11-15(20)19-7-5-12(6-8-19)16(18)21/h1-4,12H,5-11H2,(H2,18,21). The second-order valence-corrected chi connectivity index (χ2v) is 7.43. The van der Waals surface area contributed by atoms with Crippen LogP contribution in [0.15, 0.2) is 28.7 Å². The van der Waals surface area contributed by atoms with Gasteiger partial charge in [0.25, 0.3) is 0 Å². The van der Waals surface area contributed by atoms with E-state index in [1.54, 1.807) is 11.8 Å². The maximum absolute atomic E-state index is 12.1. The summed E-state index contributed by atoms with van der Waals surface area (Å²) in [6.07, 6.45) is 1.36. The Morgan fingerprint density at radius 2 is 1.91 bits per heavy atom. The molecule has 0 spiro atoms. The lowest BCUT2D eigenvalue weighted by atomic mass is 9.96. The molecule has 2 amide bonds. The van der Waals surface area contributed by atoms with Gasteiger partial charge in [0.05, 0.1) is 12.4 Å². The lowest BCUT2D eigenvalue weighted by Gasteiger charge is -2.30. The molecule has 1 aliphatic heterocycles. The molecule has 1 aromatic carbocycles. The zero-order chi connectivity index (χ0) is 16.7. The van der Waals surface area contributed by atoms with Gasteiger partial charge in [-0.3, -0.25) is 9.59 Å². The number of nitrogens with two attached hydrogens (primary N) is 1. The van der Waals surface area contributed by atoms with E-state index >= 15 is 0 Å². The van der Waals surface area contributed by atoms with E-state index < -0.39 is 0 Å². The largest absolute Gasteiger partial charge is 0.493 e. The first-order chi connectivity index (χ1) is 11.1. The van der Waals surface area contributed by atoms with E-state index in [1.165, 1.54) is 0 Å². The van der Waals surface area contributed by atoms with Crippen LogP contribution in [-0.4, -0.2) is 47.9 Å². The Balaban J connectivity index is 1.58. The van der Waals surface area contributed by atoms with Crippen molar-refractivity contribution in [2.45, 2.75) is 12.8 Å². The Labute approximate surface area is 149 Å². The number of nitrogens with zero attached hydrogens (tertiary/aromatic N) is 1. The summed E-state index contributed by atoms with van der Waals surface area (Å²) >= 11 is 4.94. The predicted octanol–water partition coefficient (Wildman–Crippen LogP) is 2.29. The number of benzene rings is 1. The first-order valence-electron chi connectivity index (χ1n) is 7.59. The molecule has 1 aromatic rings. The molecule has 0 bridgehead atoms. The van der Waals surface area contributed by atoms with Gasteiger partial charge in [0.15, 0.2) is 0 Å². The van der Waals surface area contributed by atoms with Gasteiger partial charge in [0.2, 0.25) is 11.8 Å². The van der Waals surface area contributed by atoms with Crippen LogP contribution in [-0.2, 0) is 9.59 Å². The number of rotatable bonds is 7. The van der Waals surface area contributed by atoms with Gasteiger partial charge >= 0.3 is 0 Å². The second-order valence-electron chi connectivity index (χ2n) is 5.41. The van der Waals surface area contributed by atoms with Gasteiger partial charge in [0, 0.05) is 29.2 Å². The molecule has 126 valence electrons. The van der Waals surface area contributed by atoms with Crippen molar-refractivity contribution in [1.82, 2.24) is 4.90 Å². The van der Waals surface area contributed by atoms with Crippen LogP contribution in [0.1, 0.15) is 12.8 Å². The molecule has 1 saturated heterocycles. The Kier molecular flexibility index (Phi) is 7.23. The Hall–Kier alpha value is -1.21. The summed E-state index contributed by atoms with van der Waals surface area (Å²) in [4.78, 5) is 25.0. The third kappa shape index (κ3) is 6.06. The molecule has 0 saturated carbocycles. The van der Waals surface area contributed by atoms with E-state index in [1.807, 2.05) is 29.2 Å². The quantitative estimate of drug-likeness (QED) is 0.712. The Morgan fingerprint density at radius 1 is 1.26 bits per heavy atom. The van der Waals surface area contributed by atoms with Gasteiger partial charge < -0.3 is 15.4 Å². The summed E-state index contributed by atoms with van der Waals surface area (Å²) < 4.78 is 6.63. The molecule has 2 rings (SSSR count). The number of likely N-dealkylation sites (tertiary alicyclic amines) is 1. The summed E-state index contributed by atoms with van der Waals surface area (Å²) in [5, 5.41) is 0. The lowest BCUT2D eigenvalue weighted by Crippen LogP contribution is -2.42. The van der Waals surface area contributed by atoms with Crippen LogP contribution in [0, 0.1) is 5.92 Å². The molecule has 0 aromatic heterocycles. The average molecular weight is 401 g/mol. The molecule has 7 heteroatoms. The van der Waals surface area contributed by atoms with Crippen LogP contribution < -0.4 is 10.5 Å². The Bertz CT molecular complexity index is 531. The number of carbonyl (C=O) groups is 2. The lowest BCUT2D eigenvalue weighted by molar-refractivity contribution is -0.132. The molecule has 1 heterocycles. The molecule has 0 aliphatic carbocycles. The fourth-order valence-corrected chi connectivity index (χ4v) is 3.38. The number of hydrogen-bond donors (Lipinski definition) is 1. The molecule has 1 aliphatic rings. The highest BCUT2D eigenvalue weighted by atomic mass is 79.9. The maximum Gasteiger partial charge on any atom is 0.232 e. The molecule has 1 fully saturated rings. The van der Waals surface area contributed by atoms with Crippen LogP contribution in [0.2, 0.25) is 0 Å². The van der Waals surface area contributed by atoms with E-state index in [-0.39, 0.29) is 17.7 Å². The molecule has 0 atom stereocenters. The summed E-state index contributed by atoms with van der Waals surface area (Å²) in [5.74, 6) is 1.84.